The summed E-state index contributed by atoms with van der Waals surface area (Å²) in [6, 6.07) is 4.74. The molecule has 2 aromatic rings. The number of aliphatic imine (C=N–C) groups is 1. The molecular formula is C22H35N7OS. The second kappa shape index (κ2) is 11.6. The summed E-state index contributed by atoms with van der Waals surface area (Å²) in [6.07, 6.45) is 7.80. The summed E-state index contributed by atoms with van der Waals surface area (Å²) >= 11 is 1.83. The molecule has 2 N–H and O–H groups in total. The largest absolute Gasteiger partial charge is 0.376 e. The Balaban J connectivity index is 1.39. The number of hydrogen-bond acceptors (Lipinski definition) is 6. The van der Waals surface area contributed by atoms with Crippen LogP contribution >= 0.6 is 11.3 Å². The van der Waals surface area contributed by atoms with Crippen LogP contribution < -0.4 is 10.6 Å². The first-order valence-corrected chi connectivity index (χ1v) is 12.5. The van der Waals surface area contributed by atoms with Crippen LogP contribution in [-0.4, -0.2) is 71.1 Å². The van der Waals surface area contributed by atoms with Gasteiger partial charge in [-0.05, 0) is 50.2 Å². The fourth-order valence-electron chi connectivity index (χ4n) is 4.32. The molecule has 9 heteroatoms. The molecule has 31 heavy (non-hydrogen) atoms. The maximum Gasteiger partial charge on any atom is 0.191 e. The molecule has 4 rings (SSSR count). The number of aryl methyl sites for hydroxylation is 1. The molecule has 2 aliphatic heterocycles. The smallest absolute Gasteiger partial charge is 0.191 e. The second-order valence-electron chi connectivity index (χ2n) is 8.20. The number of nitrogens with zero attached hydrogens (tertiary/aromatic N) is 5. The third-order valence-corrected chi connectivity index (χ3v) is 7.03. The number of hydrogen-bond donors (Lipinski definition) is 2. The summed E-state index contributed by atoms with van der Waals surface area (Å²) in [4.78, 5) is 9.00. The third-order valence-electron chi connectivity index (χ3n) is 6.05. The van der Waals surface area contributed by atoms with Crippen molar-refractivity contribution in [1.29, 1.82) is 0 Å². The highest BCUT2D eigenvalue weighted by molar-refractivity contribution is 7.10. The molecule has 8 nitrogen and oxygen atoms in total. The van der Waals surface area contributed by atoms with Crippen LogP contribution in [0.2, 0.25) is 0 Å². The Hall–Kier alpha value is -1.97. The third kappa shape index (κ3) is 6.27. The van der Waals surface area contributed by atoms with E-state index in [0.717, 1.165) is 76.9 Å². The van der Waals surface area contributed by atoms with Gasteiger partial charge in [0.15, 0.2) is 5.96 Å². The van der Waals surface area contributed by atoms with Gasteiger partial charge in [0, 0.05) is 37.5 Å². The second-order valence-corrected chi connectivity index (χ2v) is 9.18. The Morgan fingerprint density at radius 1 is 1.32 bits per heavy atom. The van der Waals surface area contributed by atoms with Crippen LogP contribution in [0.5, 0.6) is 0 Å². The Morgan fingerprint density at radius 3 is 2.97 bits per heavy atom. The number of rotatable bonds is 10. The number of nitrogens with one attached hydrogen (secondary N) is 2. The van der Waals surface area contributed by atoms with E-state index in [-0.39, 0.29) is 6.10 Å². The number of likely N-dealkylation sites (tertiary alicyclic amines) is 1. The predicted octanol–water partition coefficient (Wildman–Crippen LogP) is 2.45. The fourth-order valence-corrected chi connectivity index (χ4v) is 5.17. The molecule has 170 valence electrons. The van der Waals surface area contributed by atoms with Crippen molar-refractivity contribution < 1.29 is 4.74 Å². The number of aromatic nitrogens is 3. The Labute approximate surface area is 189 Å². The van der Waals surface area contributed by atoms with Crippen LogP contribution in [-0.2, 0) is 17.7 Å². The summed E-state index contributed by atoms with van der Waals surface area (Å²) in [7, 11) is 0. The van der Waals surface area contributed by atoms with Crippen molar-refractivity contribution in [3.8, 4) is 0 Å². The van der Waals surface area contributed by atoms with E-state index < -0.39 is 0 Å². The molecule has 0 bridgehead atoms. The average Bonchev–Trinajstić information content (AvgIpc) is 3.59. The standard InChI is InChI=1S/C22H35N7OS/c1-2-21-27-26-17-29(21)12-9-23-22(24-15-18-7-5-13-30-18)25-16-19(20-8-6-14-31-20)28-10-3-4-11-28/h6,8,14,17-19H,2-5,7,9-13,15-16H2,1H3,(H2,23,24,25). The van der Waals surface area contributed by atoms with Crippen molar-refractivity contribution in [3.05, 3.63) is 34.5 Å². The maximum absolute atomic E-state index is 5.79. The summed E-state index contributed by atoms with van der Waals surface area (Å²) in [5.41, 5.74) is 0. The summed E-state index contributed by atoms with van der Waals surface area (Å²) in [6.45, 7) is 8.45. The highest BCUT2D eigenvalue weighted by Gasteiger charge is 2.24. The van der Waals surface area contributed by atoms with E-state index in [1.54, 1.807) is 6.33 Å². The van der Waals surface area contributed by atoms with Crippen LogP contribution in [0, 0.1) is 0 Å². The SMILES string of the molecule is CCc1nncn1CCNC(=NCC(c1cccs1)N1CCCC1)NCC1CCCO1. The van der Waals surface area contributed by atoms with E-state index in [1.165, 1.54) is 17.7 Å². The number of thiophene rings is 1. The van der Waals surface area contributed by atoms with Gasteiger partial charge in [-0.15, -0.1) is 21.5 Å². The molecule has 2 aliphatic rings. The van der Waals surface area contributed by atoms with Crippen molar-refractivity contribution >= 4 is 17.3 Å². The van der Waals surface area contributed by atoms with E-state index in [1.807, 2.05) is 11.3 Å². The lowest BCUT2D eigenvalue weighted by Gasteiger charge is -2.25. The lowest BCUT2D eigenvalue weighted by atomic mass is 10.2. The zero-order valence-electron chi connectivity index (χ0n) is 18.5. The van der Waals surface area contributed by atoms with E-state index in [0.29, 0.717) is 6.04 Å². The van der Waals surface area contributed by atoms with Crippen molar-refractivity contribution in [2.45, 2.75) is 57.7 Å². The van der Waals surface area contributed by atoms with Gasteiger partial charge in [-0.25, -0.2) is 0 Å². The first-order chi connectivity index (χ1) is 15.3. The van der Waals surface area contributed by atoms with E-state index in [4.69, 9.17) is 9.73 Å². The van der Waals surface area contributed by atoms with Crippen LogP contribution in [0.3, 0.4) is 0 Å². The number of ether oxygens (including phenoxy) is 1. The zero-order chi connectivity index (χ0) is 21.3. The molecule has 4 heterocycles. The van der Waals surface area contributed by atoms with Crippen molar-refractivity contribution in [2.75, 3.05) is 39.3 Å². The molecule has 2 atom stereocenters. The molecule has 0 spiro atoms. The van der Waals surface area contributed by atoms with Crippen LogP contribution in [0.15, 0.2) is 28.8 Å². The normalized spacial score (nSPS) is 20.9. The van der Waals surface area contributed by atoms with Gasteiger partial charge >= 0.3 is 0 Å². The topological polar surface area (TPSA) is 79.6 Å². The minimum Gasteiger partial charge on any atom is -0.376 e. The average molecular weight is 446 g/mol. The Morgan fingerprint density at radius 2 is 2.23 bits per heavy atom. The minimum atomic E-state index is 0.281. The van der Waals surface area contributed by atoms with Crippen LogP contribution in [0.1, 0.15) is 49.4 Å². The van der Waals surface area contributed by atoms with Gasteiger partial charge in [-0.1, -0.05) is 13.0 Å². The Kier molecular flexibility index (Phi) is 8.31. The molecular weight excluding hydrogens is 410 g/mol. The van der Waals surface area contributed by atoms with E-state index in [2.05, 4.69) is 54.7 Å². The van der Waals surface area contributed by atoms with Gasteiger partial charge in [0.05, 0.1) is 18.7 Å². The quantitative estimate of drug-likeness (QED) is 0.432. The van der Waals surface area contributed by atoms with Crippen LogP contribution in [0.25, 0.3) is 0 Å². The van der Waals surface area contributed by atoms with Gasteiger partial charge in [-0.3, -0.25) is 9.89 Å². The molecule has 0 saturated carbocycles. The van der Waals surface area contributed by atoms with Crippen LogP contribution in [0.4, 0.5) is 0 Å². The maximum atomic E-state index is 5.79. The molecule has 2 aromatic heterocycles. The number of guanidine groups is 1. The molecule has 0 amide bonds. The molecule has 0 aliphatic carbocycles. The molecule has 0 radical (unpaired) electrons. The van der Waals surface area contributed by atoms with Gasteiger partial charge in [-0.2, -0.15) is 0 Å². The zero-order valence-corrected chi connectivity index (χ0v) is 19.3. The van der Waals surface area contributed by atoms with Gasteiger partial charge in [0.2, 0.25) is 0 Å². The van der Waals surface area contributed by atoms with Crippen molar-refractivity contribution in [3.63, 3.8) is 0 Å². The van der Waals surface area contributed by atoms with E-state index in [9.17, 15) is 0 Å². The molecule has 0 aromatic carbocycles. The summed E-state index contributed by atoms with van der Waals surface area (Å²) < 4.78 is 7.89. The van der Waals surface area contributed by atoms with Gasteiger partial charge in [0.25, 0.3) is 0 Å². The van der Waals surface area contributed by atoms with Crippen molar-refractivity contribution in [2.24, 2.45) is 4.99 Å². The monoisotopic (exact) mass is 445 g/mol. The molecule has 2 fully saturated rings. The lowest BCUT2D eigenvalue weighted by molar-refractivity contribution is 0.113. The predicted molar refractivity (Wildman–Crippen MR) is 125 cm³/mol. The fraction of sp³-hybridized carbons (Fsp3) is 0.682. The highest BCUT2D eigenvalue weighted by Crippen LogP contribution is 2.28. The first-order valence-electron chi connectivity index (χ1n) is 11.6. The van der Waals surface area contributed by atoms with E-state index >= 15 is 0 Å². The lowest BCUT2D eigenvalue weighted by Crippen LogP contribution is -2.43. The Bertz CT molecular complexity index is 795. The minimum absolute atomic E-state index is 0.281. The highest BCUT2D eigenvalue weighted by atomic mass is 32.1. The van der Waals surface area contributed by atoms with Gasteiger partial charge in [0.1, 0.15) is 12.2 Å². The van der Waals surface area contributed by atoms with Gasteiger partial charge < -0.3 is 19.9 Å². The molecule has 2 saturated heterocycles. The summed E-state index contributed by atoms with van der Waals surface area (Å²) in [5.74, 6) is 1.88. The summed E-state index contributed by atoms with van der Waals surface area (Å²) in [5, 5.41) is 17.4. The van der Waals surface area contributed by atoms with Crippen molar-refractivity contribution in [1.82, 2.24) is 30.3 Å². The molecule has 2 unspecified atom stereocenters. The first kappa shape index (κ1) is 22.2.